The maximum Gasteiger partial charge on any atom is 0.328 e. The number of hydrogen-bond donors (Lipinski definition) is 2. The van der Waals surface area contributed by atoms with E-state index < -0.39 is 11.8 Å². The minimum Gasteiger partial charge on any atom is -0.478 e. The lowest BCUT2D eigenvalue weighted by atomic mass is 10.1. The molecule has 2 aromatic rings. The Labute approximate surface area is 123 Å². The summed E-state index contributed by atoms with van der Waals surface area (Å²) < 4.78 is 13.7. The number of aromatic nitrogens is 1. The fourth-order valence-electron chi connectivity index (χ4n) is 1.59. The Morgan fingerprint density at radius 2 is 2.24 bits per heavy atom. The Morgan fingerprint density at radius 1 is 1.43 bits per heavy atom. The molecule has 2 rings (SSSR count). The lowest BCUT2D eigenvalue weighted by Gasteiger charge is -2.06. The Balaban J connectivity index is 2.07. The van der Waals surface area contributed by atoms with E-state index in [1.54, 1.807) is 0 Å². The van der Waals surface area contributed by atoms with E-state index in [-0.39, 0.29) is 18.0 Å². The van der Waals surface area contributed by atoms with Crippen LogP contribution in [0.3, 0.4) is 0 Å². The minimum atomic E-state index is -1.08. The van der Waals surface area contributed by atoms with Gasteiger partial charge in [0.15, 0.2) is 0 Å². The molecule has 108 valence electrons. The highest BCUT2D eigenvalue weighted by atomic mass is 32.1. The number of carboxylic acids is 1. The summed E-state index contributed by atoms with van der Waals surface area (Å²) in [6, 6.07) is 4.18. The summed E-state index contributed by atoms with van der Waals surface area (Å²) in [5.74, 6) is -1.88. The minimum absolute atomic E-state index is 0.0112. The highest BCUT2D eigenvalue weighted by molar-refractivity contribution is 7.11. The van der Waals surface area contributed by atoms with Crippen molar-refractivity contribution in [1.82, 2.24) is 10.3 Å². The Hall–Kier alpha value is -2.54. The summed E-state index contributed by atoms with van der Waals surface area (Å²) in [6.45, 7) is 0.0112. The number of amides is 1. The van der Waals surface area contributed by atoms with E-state index in [4.69, 9.17) is 5.11 Å². The van der Waals surface area contributed by atoms with Crippen molar-refractivity contribution in [3.63, 3.8) is 0 Å². The van der Waals surface area contributed by atoms with Crippen LogP contribution < -0.4 is 5.32 Å². The third kappa shape index (κ3) is 4.22. The van der Waals surface area contributed by atoms with Gasteiger partial charge in [0.25, 0.3) is 5.91 Å². The standard InChI is InChI=1S/C14H11FN2O3S/c15-11-3-1-9(2-4-13(18)19)5-10(11)6-17-14(20)12-7-16-8-21-12/h1-5,7-8H,6H2,(H,17,20)(H,18,19)/b4-2+. The van der Waals surface area contributed by atoms with Crippen LogP contribution in [0.4, 0.5) is 4.39 Å². The molecular formula is C14H11FN2O3S. The molecule has 0 saturated heterocycles. The van der Waals surface area contributed by atoms with Crippen LogP contribution in [0.15, 0.2) is 36.0 Å². The van der Waals surface area contributed by atoms with E-state index >= 15 is 0 Å². The number of halogens is 1. The normalized spacial score (nSPS) is 10.7. The fraction of sp³-hybridized carbons (Fsp3) is 0.0714. The zero-order valence-corrected chi connectivity index (χ0v) is 11.6. The molecule has 5 nitrogen and oxygen atoms in total. The van der Waals surface area contributed by atoms with Crippen molar-refractivity contribution in [3.8, 4) is 0 Å². The molecular weight excluding hydrogens is 295 g/mol. The highest BCUT2D eigenvalue weighted by Crippen LogP contribution is 2.13. The van der Waals surface area contributed by atoms with Crippen molar-refractivity contribution in [1.29, 1.82) is 0 Å². The molecule has 0 aliphatic carbocycles. The summed E-state index contributed by atoms with van der Waals surface area (Å²) >= 11 is 1.19. The van der Waals surface area contributed by atoms with Gasteiger partial charge in [0.2, 0.25) is 0 Å². The zero-order valence-electron chi connectivity index (χ0n) is 10.7. The number of benzene rings is 1. The molecule has 1 aromatic heterocycles. The maximum atomic E-state index is 13.7. The van der Waals surface area contributed by atoms with Crippen molar-refractivity contribution in [3.05, 3.63) is 57.8 Å². The monoisotopic (exact) mass is 306 g/mol. The van der Waals surface area contributed by atoms with Gasteiger partial charge in [0, 0.05) is 18.2 Å². The molecule has 1 heterocycles. The van der Waals surface area contributed by atoms with Gasteiger partial charge in [0.05, 0.1) is 11.7 Å². The van der Waals surface area contributed by atoms with E-state index in [1.807, 2.05) is 0 Å². The number of nitrogens with one attached hydrogen (secondary N) is 1. The van der Waals surface area contributed by atoms with Gasteiger partial charge >= 0.3 is 5.97 Å². The van der Waals surface area contributed by atoms with Crippen LogP contribution in [0.25, 0.3) is 6.08 Å². The number of hydrogen-bond acceptors (Lipinski definition) is 4. The number of carbonyl (C=O) groups is 2. The van der Waals surface area contributed by atoms with Gasteiger partial charge in [-0.15, -0.1) is 11.3 Å². The molecule has 1 aromatic carbocycles. The molecule has 7 heteroatoms. The van der Waals surface area contributed by atoms with E-state index in [9.17, 15) is 14.0 Å². The Kier molecular flexibility index (Phi) is 4.78. The summed E-state index contributed by atoms with van der Waals surface area (Å²) in [6.07, 6.45) is 3.76. The van der Waals surface area contributed by atoms with Crippen LogP contribution >= 0.6 is 11.3 Å². The van der Waals surface area contributed by atoms with Gasteiger partial charge in [-0.1, -0.05) is 6.07 Å². The second-order valence-corrected chi connectivity index (χ2v) is 4.96. The average Bonchev–Trinajstić information content (AvgIpc) is 2.98. The van der Waals surface area contributed by atoms with Gasteiger partial charge in [-0.2, -0.15) is 0 Å². The highest BCUT2D eigenvalue weighted by Gasteiger charge is 2.09. The second kappa shape index (κ2) is 6.76. The molecule has 0 unspecified atom stereocenters. The average molecular weight is 306 g/mol. The van der Waals surface area contributed by atoms with Crippen molar-refractivity contribution in [2.75, 3.05) is 0 Å². The van der Waals surface area contributed by atoms with E-state index in [1.165, 1.54) is 47.3 Å². The van der Waals surface area contributed by atoms with Crippen LogP contribution in [0.5, 0.6) is 0 Å². The Morgan fingerprint density at radius 3 is 2.90 bits per heavy atom. The number of aliphatic carboxylic acids is 1. The molecule has 0 fully saturated rings. The van der Waals surface area contributed by atoms with Crippen molar-refractivity contribution in [2.24, 2.45) is 0 Å². The largest absolute Gasteiger partial charge is 0.478 e. The van der Waals surface area contributed by atoms with Crippen LogP contribution in [0.1, 0.15) is 20.8 Å². The maximum absolute atomic E-state index is 13.7. The van der Waals surface area contributed by atoms with Gasteiger partial charge in [0.1, 0.15) is 10.7 Å². The molecule has 21 heavy (non-hydrogen) atoms. The molecule has 0 saturated carbocycles. The van der Waals surface area contributed by atoms with E-state index in [0.29, 0.717) is 10.4 Å². The predicted molar refractivity (Wildman–Crippen MR) is 76.4 cm³/mol. The molecule has 0 aliphatic heterocycles. The molecule has 0 atom stereocenters. The smallest absolute Gasteiger partial charge is 0.328 e. The molecule has 0 spiro atoms. The third-order valence-electron chi connectivity index (χ3n) is 2.58. The first kappa shape index (κ1) is 14.9. The van der Waals surface area contributed by atoms with Gasteiger partial charge in [-0.05, 0) is 23.8 Å². The lowest BCUT2D eigenvalue weighted by molar-refractivity contribution is -0.131. The zero-order chi connectivity index (χ0) is 15.2. The van der Waals surface area contributed by atoms with Gasteiger partial charge in [-0.25, -0.2) is 9.18 Å². The molecule has 0 radical (unpaired) electrons. The number of nitrogens with zero attached hydrogens (tertiary/aromatic N) is 1. The fourth-order valence-corrected chi connectivity index (χ4v) is 2.13. The quantitative estimate of drug-likeness (QED) is 0.831. The first-order valence-electron chi connectivity index (χ1n) is 5.92. The second-order valence-electron chi connectivity index (χ2n) is 4.07. The number of rotatable bonds is 5. The van der Waals surface area contributed by atoms with Crippen LogP contribution in [-0.4, -0.2) is 22.0 Å². The number of thiazole rings is 1. The van der Waals surface area contributed by atoms with Gasteiger partial charge in [-0.3, -0.25) is 9.78 Å². The first-order valence-corrected chi connectivity index (χ1v) is 6.80. The Bertz CT molecular complexity index is 684. The van der Waals surface area contributed by atoms with Crippen LogP contribution in [0, 0.1) is 5.82 Å². The van der Waals surface area contributed by atoms with E-state index in [0.717, 1.165) is 6.08 Å². The van der Waals surface area contributed by atoms with Crippen LogP contribution in [-0.2, 0) is 11.3 Å². The molecule has 0 bridgehead atoms. The first-order chi connectivity index (χ1) is 10.1. The molecule has 0 aliphatic rings. The SMILES string of the molecule is O=C(O)/C=C/c1ccc(F)c(CNC(=O)c2cncs2)c1. The topological polar surface area (TPSA) is 79.3 Å². The summed E-state index contributed by atoms with van der Waals surface area (Å²) in [4.78, 5) is 26.4. The van der Waals surface area contributed by atoms with Crippen molar-refractivity contribution in [2.45, 2.75) is 6.54 Å². The number of carbonyl (C=O) groups excluding carboxylic acids is 1. The predicted octanol–water partition coefficient (Wildman–Crippen LogP) is 2.31. The summed E-state index contributed by atoms with van der Waals surface area (Å²) in [7, 11) is 0. The van der Waals surface area contributed by atoms with Crippen molar-refractivity contribution >= 4 is 29.3 Å². The summed E-state index contributed by atoms with van der Waals surface area (Å²) in [5.41, 5.74) is 2.36. The van der Waals surface area contributed by atoms with Crippen molar-refractivity contribution < 1.29 is 19.1 Å². The van der Waals surface area contributed by atoms with Gasteiger partial charge < -0.3 is 10.4 Å². The van der Waals surface area contributed by atoms with E-state index in [2.05, 4.69) is 10.3 Å². The number of carboxylic acid groups (broad SMARTS) is 1. The third-order valence-corrected chi connectivity index (χ3v) is 3.36. The summed E-state index contributed by atoms with van der Waals surface area (Å²) in [5, 5.41) is 11.1. The van der Waals surface area contributed by atoms with Crippen LogP contribution in [0.2, 0.25) is 0 Å². The molecule has 2 N–H and O–H groups in total. The molecule has 1 amide bonds. The lowest BCUT2D eigenvalue weighted by Crippen LogP contribution is -2.22.